The molecule has 0 saturated heterocycles. The maximum Gasteiger partial charge on any atom is 0.306 e. The van der Waals surface area contributed by atoms with E-state index < -0.39 is 5.97 Å². The number of carbonyl (C=O) groups is 1. The van der Waals surface area contributed by atoms with Crippen LogP contribution in [-0.4, -0.2) is 23.2 Å². The molecule has 3 nitrogen and oxygen atoms in total. The smallest absolute Gasteiger partial charge is 0.306 e. The molecule has 0 heterocycles. The Morgan fingerprint density at radius 2 is 2.00 bits per heavy atom. The summed E-state index contributed by atoms with van der Waals surface area (Å²) in [6, 6.07) is 6.39. The Labute approximate surface area is 142 Å². The van der Waals surface area contributed by atoms with Crippen molar-refractivity contribution in [2.24, 2.45) is 5.92 Å². The molecule has 1 aliphatic rings. The van der Waals surface area contributed by atoms with Gasteiger partial charge in [0.2, 0.25) is 0 Å². The zero-order valence-corrected chi connectivity index (χ0v) is 14.3. The summed E-state index contributed by atoms with van der Waals surface area (Å²) in [7, 11) is 0. The summed E-state index contributed by atoms with van der Waals surface area (Å²) in [5.74, 6) is -0.817. The summed E-state index contributed by atoms with van der Waals surface area (Å²) in [5.41, 5.74) is 1.10. The van der Waals surface area contributed by atoms with Gasteiger partial charge in [0.15, 0.2) is 0 Å². The summed E-state index contributed by atoms with van der Waals surface area (Å²) in [6.07, 6.45) is 5.28. The van der Waals surface area contributed by atoms with Crippen LogP contribution in [0.2, 0.25) is 10.0 Å². The van der Waals surface area contributed by atoms with Crippen LogP contribution in [0, 0.1) is 5.92 Å². The Morgan fingerprint density at radius 3 is 2.55 bits per heavy atom. The van der Waals surface area contributed by atoms with Crippen molar-refractivity contribution in [2.45, 2.75) is 57.5 Å². The van der Waals surface area contributed by atoms with Gasteiger partial charge in [-0.15, -0.1) is 0 Å². The molecule has 0 aliphatic heterocycles. The van der Waals surface area contributed by atoms with Crippen LogP contribution in [0.1, 0.15) is 44.6 Å². The molecule has 5 heteroatoms. The van der Waals surface area contributed by atoms with Crippen LogP contribution in [0.25, 0.3) is 0 Å². The molecule has 1 aromatic rings. The predicted octanol–water partition coefficient (Wildman–Crippen LogP) is 4.55. The molecule has 1 saturated carbocycles. The fraction of sp³-hybridized carbons (Fsp3) is 0.588. The van der Waals surface area contributed by atoms with Crippen molar-refractivity contribution in [3.63, 3.8) is 0 Å². The largest absolute Gasteiger partial charge is 0.481 e. The van der Waals surface area contributed by atoms with Gasteiger partial charge in [-0.05, 0) is 56.2 Å². The fourth-order valence-electron chi connectivity index (χ4n) is 3.11. The Hall–Kier alpha value is -0.770. The van der Waals surface area contributed by atoms with Gasteiger partial charge in [0.25, 0.3) is 0 Å². The first-order valence-corrected chi connectivity index (χ1v) is 8.68. The standard InChI is InChI=1S/C17H23Cl2NO2/c1-2-14(9-12-3-6-13(18)10-16(12)19)20-15-7-4-11(5-8-15)17(21)22/h3,6,10-11,14-15,20H,2,4-5,7-9H2,1H3,(H,21,22). The molecule has 2 N–H and O–H groups in total. The van der Waals surface area contributed by atoms with Crippen molar-refractivity contribution < 1.29 is 9.90 Å². The normalized spacial score (nSPS) is 23.2. The van der Waals surface area contributed by atoms with E-state index in [4.69, 9.17) is 28.3 Å². The van der Waals surface area contributed by atoms with E-state index in [1.54, 1.807) is 6.07 Å². The molecule has 22 heavy (non-hydrogen) atoms. The molecule has 0 amide bonds. The van der Waals surface area contributed by atoms with Gasteiger partial charge in [-0.25, -0.2) is 0 Å². The first-order valence-electron chi connectivity index (χ1n) is 7.92. The number of carboxylic acid groups (broad SMARTS) is 1. The lowest BCUT2D eigenvalue weighted by Gasteiger charge is -2.30. The number of rotatable bonds is 6. The van der Waals surface area contributed by atoms with Crippen molar-refractivity contribution >= 4 is 29.2 Å². The maximum absolute atomic E-state index is 11.0. The lowest BCUT2D eigenvalue weighted by molar-refractivity contribution is -0.142. The quantitative estimate of drug-likeness (QED) is 0.796. The monoisotopic (exact) mass is 343 g/mol. The topological polar surface area (TPSA) is 49.3 Å². The molecule has 0 radical (unpaired) electrons. The number of hydrogen-bond donors (Lipinski definition) is 2. The second-order valence-corrected chi connectivity index (χ2v) is 6.94. The molecule has 0 spiro atoms. The highest BCUT2D eigenvalue weighted by Gasteiger charge is 2.26. The second-order valence-electron chi connectivity index (χ2n) is 6.10. The Morgan fingerprint density at radius 1 is 1.32 bits per heavy atom. The minimum Gasteiger partial charge on any atom is -0.481 e. The average Bonchev–Trinajstić information content (AvgIpc) is 2.49. The van der Waals surface area contributed by atoms with Crippen LogP contribution in [0.3, 0.4) is 0 Å². The van der Waals surface area contributed by atoms with Crippen LogP contribution in [-0.2, 0) is 11.2 Å². The lowest BCUT2D eigenvalue weighted by Crippen LogP contribution is -2.42. The highest BCUT2D eigenvalue weighted by molar-refractivity contribution is 6.35. The van der Waals surface area contributed by atoms with E-state index in [2.05, 4.69) is 12.2 Å². The van der Waals surface area contributed by atoms with Gasteiger partial charge in [0.1, 0.15) is 0 Å². The van der Waals surface area contributed by atoms with Crippen LogP contribution in [0.15, 0.2) is 18.2 Å². The summed E-state index contributed by atoms with van der Waals surface area (Å²) in [5, 5.41) is 14.1. The Balaban J connectivity index is 1.89. The van der Waals surface area contributed by atoms with Crippen LogP contribution in [0.4, 0.5) is 0 Å². The van der Waals surface area contributed by atoms with E-state index in [1.807, 2.05) is 12.1 Å². The van der Waals surface area contributed by atoms with Crippen molar-refractivity contribution in [1.82, 2.24) is 5.32 Å². The summed E-state index contributed by atoms with van der Waals surface area (Å²) in [4.78, 5) is 11.0. The average molecular weight is 344 g/mol. The van der Waals surface area contributed by atoms with E-state index in [1.165, 1.54) is 0 Å². The van der Waals surface area contributed by atoms with E-state index in [9.17, 15) is 4.79 Å². The Kier molecular flexibility index (Phi) is 6.54. The molecular weight excluding hydrogens is 321 g/mol. The van der Waals surface area contributed by atoms with Gasteiger partial charge < -0.3 is 10.4 Å². The molecule has 1 fully saturated rings. The van der Waals surface area contributed by atoms with Crippen LogP contribution in [0.5, 0.6) is 0 Å². The molecule has 2 rings (SSSR count). The molecule has 122 valence electrons. The number of benzene rings is 1. The van der Waals surface area contributed by atoms with E-state index in [0.717, 1.165) is 44.1 Å². The van der Waals surface area contributed by atoms with Crippen molar-refractivity contribution in [3.8, 4) is 0 Å². The molecule has 1 aliphatic carbocycles. The zero-order chi connectivity index (χ0) is 16.1. The minimum absolute atomic E-state index is 0.163. The summed E-state index contributed by atoms with van der Waals surface area (Å²) in [6.45, 7) is 2.16. The van der Waals surface area contributed by atoms with E-state index in [-0.39, 0.29) is 5.92 Å². The SMILES string of the molecule is CCC(Cc1ccc(Cl)cc1Cl)NC1CCC(C(=O)O)CC1. The molecular formula is C17H23Cl2NO2. The van der Waals surface area contributed by atoms with Gasteiger partial charge in [0.05, 0.1) is 5.92 Å². The lowest BCUT2D eigenvalue weighted by atomic mass is 9.85. The van der Waals surface area contributed by atoms with Gasteiger partial charge in [-0.1, -0.05) is 36.2 Å². The van der Waals surface area contributed by atoms with Gasteiger partial charge in [0, 0.05) is 22.1 Å². The van der Waals surface area contributed by atoms with Gasteiger partial charge >= 0.3 is 5.97 Å². The van der Waals surface area contributed by atoms with E-state index in [0.29, 0.717) is 22.1 Å². The number of halogens is 2. The van der Waals surface area contributed by atoms with E-state index >= 15 is 0 Å². The number of aliphatic carboxylic acids is 1. The molecule has 0 bridgehead atoms. The molecule has 1 unspecified atom stereocenters. The third-order valence-corrected chi connectivity index (χ3v) is 5.11. The first-order chi connectivity index (χ1) is 10.5. The van der Waals surface area contributed by atoms with Gasteiger partial charge in [-0.2, -0.15) is 0 Å². The number of nitrogens with one attached hydrogen (secondary N) is 1. The second kappa shape index (κ2) is 8.19. The fourth-order valence-corrected chi connectivity index (χ4v) is 3.60. The molecule has 1 aromatic carbocycles. The van der Waals surface area contributed by atoms with Crippen molar-refractivity contribution in [3.05, 3.63) is 33.8 Å². The Bertz CT molecular complexity index is 513. The third kappa shape index (κ3) is 4.87. The van der Waals surface area contributed by atoms with Crippen molar-refractivity contribution in [1.29, 1.82) is 0 Å². The number of hydrogen-bond acceptors (Lipinski definition) is 2. The zero-order valence-electron chi connectivity index (χ0n) is 12.8. The number of carboxylic acids is 1. The van der Waals surface area contributed by atoms with Crippen LogP contribution < -0.4 is 5.32 Å². The van der Waals surface area contributed by atoms with Crippen molar-refractivity contribution in [2.75, 3.05) is 0 Å². The summed E-state index contributed by atoms with van der Waals surface area (Å²) < 4.78 is 0. The summed E-state index contributed by atoms with van der Waals surface area (Å²) >= 11 is 12.2. The highest BCUT2D eigenvalue weighted by atomic mass is 35.5. The first kappa shape index (κ1) is 17.6. The maximum atomic E-state index is 11.0. The molecule has 1 atom stereocenters. The van der Waals surface area contributed by atoms with Crippen LogP contribution >= 0.6 is 23.2 Å². The minimum atomic E-state index is -0.654. The third-order valence-electron chi connectivity index (χ3n) is 4.52. The predicted molar refractivity (Wildman–Crippen MR) is 90.8 cm³/mol. The molecule has 0 aromatic heterocycles. The highest BCUT2D eigenvalue weighted by Crippen LogP contribution is 2.26. The van der Waals surface area contributed by atoms with Gasteiger partial charge in [-0.3, -0.25) is 4.79 Å².